The normalized spacial score (nSPS) is 18.4. The first-order valence-electron chi connectivity index (χ1n) is 16.6. The quantitative estimate of drug-likeness (QED) is 0.155. The molecule has 0 aliphatic heterocycles. The molecule has 4 aromatic rings. The third-order valence-electron chi connectivity index (χ3n) is 8.97. The summed E-state index contributed by atoms with van der Waals surface area (Å²) in [4.78, 5) is 0. The lowest BCUT2D eigenvalue weighted by Crippen LogP contribution is -2.63. The Balaban J connectivity index is 1.87. The molecule has 0 spiro atoms. The van der Waals surface area contributed by atoms with E-state index in [1.165, 1.54) is 34.5 Å². The van der Waals surface area contributed by atoms with Crippen molar-refractivity contribution < 1.29 is 63.8 Å². The highest BCUT2D eigenvalue weighted by molar-refractivity contribution is 7.86. The summed E-state index contributed by atoms with van der Waals surface area (Å²) in [6.45, 7) is -1.80. The summed E-state index contributed by atoms with van der Waals surface area (Å²) in [5, 5.41) is 25.0. The van der Waals surface area contributed by atoms with Gasteiger partial charge in [0.25, 0.3) is 20.2 Å². The lowest BCUT2D eigenvalue weighted by molar-refractivity contribution is -0.180. The van der Waals surface area contributed by atoms with Crippen molar-refractivity contribution in [2.24, 2.45) is 0 Å². The van der Waals surface area contributed by atoms with Crippen LogP contribution in [-0.4, -0.2) is 92.4 Å². The van der Waals surface area contributed by atoms with Gasteiger partial charge in [0.05, 0.1) is 54.2 Å². The summed E-state index contributed by atoms with van der Waals surface area (Å²) in [5.41, 5.74) is -2.30. The molecule has 0 fully saturated rings. The molecule has 2 atom stereocenters. The topological polar surface area (TPSA) is 183 Å². The third kappa shape index (κ3) is 9.02. The van der Waals surface area contributed by atoms with E-state index in [4.69, 9.17) is 36.8 Å². The third-order valence-corrected chi connectivity index (χ3v) is 10.1. The molecule has 0 radical (unpaired) electrons. The second-order valence-corrected chi connectivity index (χ2v) is 16.1. The molecule has 2 N–H and O–H groups in total. The van der Waals surface area contributed by atoms with E-state index in [1.807, 2.05) is 60.7 Å². The number of aliphatic hydroxyl groups is 2. The summed E-state index contributed by atoms with van der Waals surface area (Å²) >= 11 is 0. The lowest BCUT2D eigenvalue weighted by Gasteiger charge is -2.45. The highest BCUT2D eigenvalue weighted by Crippen LogP contribution is 2.57. The lowest BCUT2D eigenvalue weighted by atomic mass is 9.71. The fourth-order valence-corrected chi connectivity index (χ4v) is 7.16. The van der Waals surface area contributed by atoms with Crippen molar-refractivity contribution in [3.05, 3.63) is 95.1 Å². The van der Waals surface area contributed by atoms with Crippen molar-refractivity contribution in [2.45, 2.75) is 37.3 Å². The van der Waals surface area contributed by atoms with E-state index in [-0.39, 0.29) is 58.8 Å². The molecule has 54 heavy (non-hydrogen) atoms. The Hall–Kier alpha value is -4.58. The van der Waals surface area contributed by atoms with Gasteiger partial charge in [-0.3, -0.25) is 8.37 Å². The number of rotatable bonds is 16. The number of hydrogen-bond donors (Lipinski definition) is 2. The van der Waals surface area contributed by atoms with Gasteiger partial charge in [-0.15, -0.1) is 0 Å². The van der Waals surface area contributed by atoms with Gasteiger partial charge in [-0.05, 0) is 34.4 Å². The van der Waals surface area contributed by atoms with Crippen molar-refractivity contribution in [1.82, 2.24) is 0 Å². The van der Waals surface area contributed by atoms with Crippen molar-refractivity contribution >= 4 is 20.2 Å². The standard InChI is InChI=1S/C38H44O14S2/c1-45-29-17-27-19-37(39,23-51-53(5,41)42)38(40,24-52-54(6,43)44)20-28-18-30(49-21-25-13-9-7-10-14-25)34(50-22-26-15-11-8-12-16-26)36(48-4)32(28)31(27)35(47-3)33(29)46-2/h7-18,39-40H,19-24H2,1-6H3/t37-,38+/m1/s1. The predicted octanol–water partition coefficient (Wildman–Crippen LogP) is 4.06. The molecule has 0 amide bonds. The second-order valence-electron chi connectivity index (χ2n) is 12.8. The molecule has 16 heteroatoms. The van der Waals surface area contributed by atoms with Gasteiger partial charge in [0.15, 0.2) is 23.0 Å². The van der Waals surface area contributed by atoms with Crippen LogP contribution in [0.15, 0.2) is 72.8 Å². The molecule has 0 aromatic heterocycles. The Morgan fingerprint density at radius 1 is 0.556 bits per heavy atom. The largest absolute Gasteiger partial charge is 0.493 e. The van der Waals surface area contributed by atoms with E-state index in [2.05, 4.69) is 0 Å². The molecule has 0 unspecified atom stereocenters. The monoisotopic (exact) mass is 788 g/mol. The Bertz CT molecular complexity index is 2160. The van der Waals surface area contributed by atoms with Crippen molar-refractivity contribution in [1.29, 1.82) is 0 Å². The van der Waals surface area contributed by atoms with Crippen LogP contribution in [0.4, 0.5) is 0 Å². The van der Waals surface area contributed by atoms with Crippen LogP contribution in [0.3, 0.4) is 0 Å². The highest BCUT2D eigenvalue weighted by Gasteiger charge is 2.54. The summed E-state index contributed by atoms with van der Waals surface area (Å²) < 4.78 is 95.8. The van der Waals surface area contributed by atoms with Crippen molar-refractivity contribution in [3.63, 3.8) is 0 Å². The minimum absolute atomic E-state index is 0.0863. The van der Waals surface area contributed by atoms with Crippen LogP contribution in [0.2, 0.25) is 0 Å². The van der Waals surface area contributed by atoms with E-state index < -0.39 is 57.5 Å². The number of benzene rings is 4. The van der Waals surface area contributed by atoms with Crippen LogP contribution in [0, 0.1) is 0 Å². The predicted molar refractivity (Wildman–Crippen MR) is 199 cm³/mol. The van der Waals surface area contributed by atoms with Crippen LogP contribution < -0.4 is 28.4 Å². The highest BCUT2D eigenvalue weighted by atomic mass is 32.2. The fourth-order valence-electron chi connectivity index (χ4n) is 6.34. The molecule has 0 heterocycles. The summed E-state index contributed by atoms with van der Waals surface area (Å²) in [5.74, 6) is 0.986. The first kappa shape index (κ1) is 40.6. The summed E-state index contributed by atoms with van der Waals surface area (Å²) in [6, 6.07) is 21.9. The molecular weight excluding hydrogens is 745 g/mol. The summed E-state index contributed by atoms with van der Waals surface area (Å²) in [7, 11) is -2.76. The first-order valence-corrected chi connectivity index (χ1v) is 20.2. The molecular formula is C38H44O14S2. The van der Waals surface area contributed by atoms with E-state index >= 15 is 0 Å². The zero-order chi connectivity index (χ0) is 39.3. The molecule has 0 bridgehead atoms. The molecule has 292 valence electrons. The van der Waals surface area contributed by atoms with Gasteiger partial charge < -0.3 is 38.6 Å². The Labute approximate surface area is 315 Å². The van der Waals surface area contributed by atoms with Crippen LogP contribution in [-0.2, 0) is 54.7 Å². The number of methoxy groups -OCH3 is 4. The smallest absolute Gasteiger partial charge is 0.264 e. The molecule has 0 saturated heterocycles. The maximum Gasteiger partial charge on any atom is 0.264 e. The van der Waals surface area contributed by atoms with Gasteiger partial charge in [-0.1, -0.05) is 60.7 Å². The molecule has 1 aliphatic rings. The average molecular weight is 789 g/mol. The van der Waals surface area contributed by atoms with E-state index in [1.54, 1.807) is 6.07 Å². The zero-order valence-corrected chi connectivity index (χ0v) is 32.4. The van der Waals surface area contributed by atoms with Gasteiger partial charge in [0.1, 0.15) is 24.4 Å². The second kappa shape index (κ2) is 16.4. The van der Waals surface area contributed by atoms with Gasteiger partial charge >= 0.3 is 0 Å². The van der Waals surface area contributed by atoms with E-state index in [0.717, 1.165) is 23.6 Å². The SMILES string of the molecule is COc1cc2c(c(OC)c1OC)-c1c(cc(OCc3ccccc3)c(OCc3ccccc3)c1OC)C[C@](O)(COS(C)(=O)=O)[C@](O)(COS(C)(=O)=O)C2. The minimum atomic E-state index is -4.20. The van der Waals surface area contributed by atoms with E-state index in [9.17, 15) is 27.0 Å². The maximum atomic E-state index is 12.6. The van der Waals surface area contributed by atoms with Crippen molar-refractivity contribution in [3.8, 4) is 45.6 Å². The van der Waals surface area contributed by atoms with Crippen LogP contribution in [0.25, 0.3) is 11.1 Å². The van der Waals surface area contributed by atoms with E-state index in [0.29, 0.717) is 11.1 Å². The first-order chi connectivity index (χ1) is 25.5. The van der Waals surface area contributed by atoms with Gasteiger partial charge in [0, 0.05) is 24.0 Å². The molecule has 1 aliphatic carbocycles. The number of ether oxygens (including phenoxy) is 6. The molecule has 5 rings (SSSR count). The number of hydrogen-bond acceptors (Lipinski definition) is 14. The average Bonchev–Trinajstić information content (AvgIpc) is 3.14. The Morgan fingerprint density at radius 3 is 1.37 bits per heavy atom. The maximum absolute atomic E-state index is 12.6. The number of fused-ring (bicyclic) bond motifs is 3. The Kier molecular flexibility index (Phi) is 12.3. The zero-order valence-electron chi connectivity index (χ0n) is 30.8. The van der Waals surface area contributed by atoms with Crippen LogP contribution in [0.5, 0.6) is 34.5 Å². The van der Waals surface area contributed by atoms with Gasteiger partial charge in [-0.25, -0.2) is 0 Å². The van der Waals surface area contributed by atoms with Gasteiger partial charge in [0.2, 0.25) is 11.5 Å². The Morgan fingerprint density at radius 2 is 0.963 bits per heavy atom. The molecule has 14 nitrogen and oxygen atoms in total. The molecule has 0 saturated carbocycles. The molecule has 4 aromatic carbocycles. The summed E-state index contributed by atoms with van der Waals surface area (Å²) in [6.07, 6.45) is 0.484. The van der Waals surface area contributed by atoms with Gasteiger partial charge in [-0.2, -0.15) is 16.8 Å². The minimum Gasteiger partial charge on any atom is -0.493 e. The fraction of sp³-hybridized carbons (Fsp3) is 0.368. The van der Waals surface area contributed by atoms with Crippen molar-refractivity contribution in [2.75, 3.05) is 54.2 Å². The van der Waals surface area contributed by atoms with Crippen LogP contribution >= 0.6 is 0 Å². The van der Waals surface area contributed by atoms with Crippen LogP contribution in [0.1, 0.15) is 22.3 Å².